The van der Waals surface area contributed by atoms with E-state index in [1.165, 1.54) is 28.9 Å². The molecule has 1 unspecified atom stereocenters. The second-order valence-electron chi connectivity index (χ2n) is 8.51. The predicted octanol–water partition coefficient (Wildman–Crippen LogP) is 5.85. The van der Waals surface area contributed by atoms with Crippen LogP contribution in [0.2, 0.25) is 0 Å². The van der Waals surface area contributed by atoms with Gasteiger partial charge in [0.05, 0.1) is 16.8 Å². The summed E-state index contributed by atoms with van der Waals surface area (Å²) in [7, 11) is 0. The van der Waals surface area contributed by atoms with Crippen molar-refractivity contribution < 1.29 is 4.92 Å². The average Bonchev–Trinajstić information content (AvgIpc) is 2.66. The first kappa shape index (κ1) is 20.8. The van der Waals surface area contributed by atoms with Gasteiger partial charge in [0.1, 0.15) is 0 Å². The average molecular weight is 395 g/mol. The van der Waals surface area contributed by atoms with Crippen molar-refractivity contribution in [3.8, 4) is 0 Å². The van der Waals surface area contributed by atoms with E-state index in [0.717, 1.165) is 24.9 Å². The van der Waals surface area contributed by atoms with Gasteiger partial charge in [-0.3, -0.25) is 15.5 Å². The van der Waals surface area contributed by atoms with Crippen molar-refractivity contribution in [1.82, 2.24) is 0 Å². The van der Waals surface area contributed by atoms with E-state index in [1.54, 1.807) is 12.1 Å². The van der Waals surface area contributed by atoms with Crippen LogP contribution < -0.4 is 10.3 Å². The Labute approximate surface area is 172 Å². The molecule has 1 aliphatic rings. The molecule has 2 aromatic rings. The maximum absolute atomic E-state index is 10.7. The number of hydrazone groups is 1. The lowest BCUT2D eigenvalue weighted by atomic mass is 9.79. The minimum atomic E-state index is -0.409. The molecule has 1 N–H and O–H groups in total. The number of nitrogens with zero attached hydrogens (tertiary/aromatic N) is 3. The van der Waals surface area contributed by atoms with Gasteiger partial charge in [0.2, 0.25) is 0 Å². The third-order valence-corrected chi connectivity index (χ3v) is 5.70. The molecule has 154 valence electrons. The van der Waals surface area contributed by atoms with Gasteiger partial charge in [0.25, 0.3) is 5.69 Å². The van der Waals surface area contributed by atoms with Gasteiger partial charge < -0.3 is 4.90 Å². The minimum absolute atomic E-state index is 0.0682. The molecule has 2 aromatic carbocycles. The highest BCUT2D eigenvalue weighted by atomic mass is 16.6. The fourth-order valence-electron chi connectivity index (χ4n) is 4.27. The zero-order chi connectivity index (χ0) is 21.2. The third kappa shape index (κ3) is 4.42. The van der Waals surface area contributed by atoms with Crippen LogP contribution >= 0.6 is 0 Å². The Hall–Kier alpha value is -2.89. The number of hydrogen-bond donors (Lipinski definition) is 1. The highest BCUT2D eigenvalue weighted by Gasteiger charge is 2.36. The standard InChI is InChI=1S/C23H30N4O2/c1-6-11-26-22-12-16(2)18(13-21(22)17(3)14-23(26,4)5)15-24-25-19-7-9-20(10-8-19)27(28)29/h7-10,12-13,15,17,25H,6,11,14H2,1-5H3/b24-15-. The van der Waals surface area contributed by atoms with Crippen molar-refractivity contribution in [1.29, 1.82) is 0 Å². The number of aryl methyl sites for hydroxylation is 1. The van der Waals surface area contributed by atoms with E-state index < -0.39 is 4.92 Å². The van der Waals surface area contributed by atoms with Crippen LogP contribution in [-0.2, 0) is 0 Å². The predicted molar refractivity (Wildman–Crippen MR) is 120 cm³/mol. The van der Waals surface area contributed by atoms with Crippen LogP contribution in [0.25, 0.3) is 0 Å². The molecule has 29 heavy (non-hydrogen) atoms. The molecule has 1 aliphatic heterocycles. The molecule has 0 amide bonds. The Morgan fingerprint density at radius 3 is 2.62 bits per heavy atom. The number of non-ortho nitro benzene ring substituents is 1. The molecule has 0 bridgehead atoms. The summed E-state index contributed by atoms with van der Waals surface area (Å²) in [4.78, 5) is 12.9. The van der Waals surface area contributed by atoms with E-state index in [4.69, 9.17) is 0 Å². The van der Waals surface area contributed by atoms with Gasteiger partial charge >= 0.3 is 0 Å². The molecule has 0 radical (unpaired) electrons. The number of hydrogen-bond acceptors (Lipinski definition) is 5. The number of nitrogens with one attached hydrogen (secondary N) is 1. The van der Waals surface area contributed by atoms with Gasteiger partial charge in [-0.15, -0.1) is 0 Å². The van der Waals surface area contributed by atoms with E-state index in [-0.39, 0.29) is 11.2 Å². The number of nitro benzene ring substituents is 1. The monoisotopic (exact) mass is 394 g/mol. The molecule has 0 spiro atoms. The first-order valence-electron chi connectivity index (χ1n) is 10.2. The fourth-order valence-corrected chi connectivity index (χ4v) is 4.27. The van der Waals surface area contributed by atoms with Crippen LogP contribution in [-0.4, -0.2) is 23.2 Å². The third-order valence-electron chi connectivity index (χ3n) is 5.70. The Balaban J connectivity index is 1.83. The Morgan fingerprint density at radius 2 is 2.00 bits per heavy atom. The molecule has 0 aromatic heterocycles. The van der Waals surface area contributed by atoms with Gasteiger partial charge in [0, 0.05) is 29.9 Å². The lowest BCUT2D eigenvalue weighted by Gasteiger charge is -2.48. The summed E-state index contributed by atoms with van der Waals surface area (Å²) in [5, 5.41) is 15.1. The van der Waals surface area contributed by atoms with Crippen LogP contribution in [0, 0.1) is 17.0 Å². The smallest absolute Gasteiger partial charge is 0.269 e. The second-order valence-corrected chi connectivity index (χ2v) is 8.51. The lowest BCUT2D eigenvalue weighted by molar-refractivity contribution is -0.384. The number of fused-ring (bicyclic) bond motifs is 1. The zero-order valence-electron chi connectivity index (χ0n) is 17.9. The van der Waals surface area contributed by atoms with E-state index in [2.05, 4.69) is 62.2 Å². The van der Waals surface area contributed by atoms with E-state index in [0.29, 0.717) is 11.6 Å². The van der Waals surface area contributed by atoms with Crippen LogP contribution in [0.1, 0.15) is 63.1 Å². The van der Waals surface area contributed by atoms with Crippen molar-refractivity contribution in [2.75, 3.05) is 16.9 Å². The maximum Gasteiger partial charge on any atom is 0.269 e. The summed E-state index contributed by atoms with van der Waals surface area (Å²) < 4.78 is 0. The quantitative estimate of drug-likeness (QED) is 0.379. The Bertz CT molecular complexity index is 919. The molecule has 0 fully saturated rings. The summed E-state index contributed by atoms with van der Waals surface area (Å²) >= 11 is 0. The molecule has 6 heteroatoms. The second kappa shape index (κ2) is 8.23. The van der Waals surface area contributed by atoms with Gasteiger partial charge in [-0.05, 0) is 80.5 Å². The number of rotatable bonds is 6. The molecule has 6 nitrogen and oxygen atoms in total. The molecule has 1 heterocycles. The van der Waals surface area contributed by atoms with E-state index in [1.807, 2.05) is 6.21 Å². The molecule has 1 atom stereocenters. The summed E-state index contributed by atoms with van der Waals surface area (Å²) in [6.45, 7) is 12.4. The van der Waals surface area contributed by atoms with Crippen molar-refractivity contribution in [2.24, 2.45) is 5.10 Å². The van der Waals surface area contributed by atoms with Crippen LogP contribution in [0.4, 0.5) is 17.1 Å². The molecule has 0 saturated carbocycles. The summed E-state index contributed by atoms with van der Waals surface area (Å²) in [6.07, 6.45) is 4.08. The van der Waals surface area contributed by atoms with Crippen LogP contribution in [0.5, 0.6) is 0 Å². The summed E-state index contributed by atoms with van der Waals surface area (Å²) in [5.41, 5.74) is 8.88. The Kier molecular flexibility index (Phi) is 5.91. The first-order valence-corrected chi connectivity index (χ1v) is 10.2. The highest BCUT2D eigenvalue weighted by molar-refractivity contribution is 5.84. The molecule has 3 rings (SSSR count). The van der Waals surface area contributed by atoms with Crippen molar-refractivity contribution in [3.63, 3.8) is 0 Å². The number of benzene rings is 2. The SMILES string of the molecule is CCCN1c2cc(C)c(/C=N\Nc3ccc([N+](=O)[O-])cc3)cc2C(C)CC1(C)C. The summed E-state index contributed by atoms with van der Waals surface area (Å²) in [6, 6.07) is 10.8. The van der Waals surface area contributed by atoms with Gasteiger partial charge in [-0.1, -0.05) is 13.8 Å². The van der Waals surface area contributed by atoms with Crippen molar-refractivity contribution in [3.05, 3.63) is 63.2 Å². The number of anilines is 2. The van der Waals surface area contributed by atoms with Crippen LogP contribution in [0.15, 0.2) is 41.5 Å². The summed E-state index contributed by atoms with van der Waals surface area (Å²) in [5.74, 6) is 0.489. The zero-order valence-corrected chi connectivity index (χ0v) is 17.9. The van der Waals surface area contributed by atoms with E-state index in [9.17, 15) is 10.1 Å². The molecular weight excluding hydrogens is 364 g/mol. The van der Waals surface area contributed by atoms with Gasteiger partial charge in [-0.25, -0.2) is 0 Å². The largest absolute Gasteiger partial charge is 0.366 e. The minimum Gasteiger partial charge on any atom is -0.366 e. The maximum atomic E-state index is 10.7. The fraction of sp³-hybridized carbons (Fsp3) is 0.435. The van der Waals surface area contributed by atoms with E-state index >= 15 is 0 Å². The molecular formula is C23H30N4O2. The van der Waals surface area contributed by atoms with Crippen molar-refractivity contribution >= 4 is 23.3 Å². The number of nitro groups is 1. The molecule has 0 aliphatic carbocycles. The first-order chi connectivity index (χ1) is 13.7. The highest BCUT2D eigenvalue weighted by Crippen LogP contribution is 2.44. The van der Waals surface area contributed by atoms with Crippen LogP contribution in [0.3, 0.4) is 0 Å². The van der Waals surface area contributed by atoms with Gasteiger partial charge in [-0.2, -0.15) is 5.10 Å². The van der Waals surface area contributed by atoms with Crippen molar-refractivity contribution in [2.45, 2.75) is 58.9 Å². The lowest BCUT2D eigenvalue weighted by Crippen LogP contribution is -2.48. The molecule has 0 saturated heterocycles. The topological polar surface area (TPSA) is 70.8 Å². The van der Waals surface area contributed by atoms with Gasteiger partial charge in [0.15, 0.2) is 0 Å². The Morgan fingerprint density at radius 1 is 1.31 bits per heavy atom. The normalized spacial score (nSPS) is 18.0.